The van der Waals surface area contributed by atoms with Gasteiger partial charge in [-0.3, -0.25) is 4.79 Å². The van der Waals surface area contributed by atoms with Gasteiger partial charge in [-0.25, -0.2) is 9.97 Å². The molecule has 1 fully saturated rings. The van der Waals surface area contributed by atoms with Crippen molar-refractivity contribution < 1.29 is 9.90 Å². The van der Waals surface area contributed by atoms with Crippen LogP contribution in [0, 0.1) is 6.92 Å². The second kappa shape index (κ2) is 7.93. The number of aryl methyl sites for hydroxylation is 1. The number of halogens is 1. The summed E-state index contributed by atoms with van der Waals surface area (Å²) in [7, 11) is 0. The second-order valence-electron chi connectivity index (χ2n) is 6.47. The number of likely N-dealkylation sites (tertiary alicyclic amines) is 1. The molecule has 25 heavy (non-hydrogen) atoms. The highest BCUT2D eigenvalue weighted by molar-refractivity contribution is 6.30. The van der Waals surface area contributed by atoms with E-state index in [0.29, 0.717) is 23.8 Å². The first kappa shape index (κ1) is 17.8. The van der Waals surface area contributed by atoms with Crippen molar-refractivity contribution in [2.75, 3.05) is 13.1 Å². The Bertz CT molecular complexity index is 749. The Labute approximate surface area is 152 Å². The Kier molecular flexibility index (Phi) is 5.66. The molecule has 132 valence electrons. The fourth-order valence-electron chi connectivity index (χ4n) is 3.30. The van der Waals surface area contributed by atoms with Crippen molar-refractivity contribution in [1.29, 1.82) is 0 Å². The number of aliphatic hydroxyl groups excluding tert-OH is 1. The molecule has 5 nitrogen and oxygen atoms in total. The molecule has 0 bridgehead atoms. The molecule has 1 aromatic carbocycles. The quantitative estimate of drug-likeness (QED) is 0.911. The SMILES string of the molecule is Cc1ncc(CO)c(C2CCCN(C(=O)Cc3ccc(Cl)cc3)C2)n1. The number of carbonyl (C=O) groups excluding carboxylic acids is 1. The van der Waals surface area contributed by atoms with Gasteiger partial charge in [0.15, 0.2) is 0 Å². The van der Waals surface area contributed by atoms with Crippen LogP contribution in [0.5, 0.6) is 0 Å². The van der Waals surface area contributed by atoms with E-state index in [4.69, 9.17) is 11.6 Å². The number of piperidine rings is 1. The van der Waals surface area contributed by atoms with Gasteiger partial charge in [0.25, 0.3) is 0 Å². The molecule has 1 saturated heterocycles. The van der Waals surface area contributed by atoms with Gasteiger partial charge in [-0.1, -0.05) is 23.7 Å². The average Bonchev–Trinajstić information content (AvgIpc) is 2.63. The Morgan fingerprint density at radius 3 is 2.84 bits per heavy atom. The Balaban J connectivity index is 1.71. The first-order valence-corrected chi connectivity index (χ1v) is 8.90. The summed E-state index contributed by atoms with van der Waals surface area (Å²) in [6.07, 6.45) is 3.96. The number of nitrogens with zero attached hydrogens (tertiary/aromatic N) is 3. The van der Waals surface area contributed by atoms with Crippen LogP contribution in [0.15, 0.2) is 30.5 Å². The van der Waals surface area contributed by atoms with Gasteiger partial charge in [-0.2, -0.15) is 0 Å². The van der Waals surface area contributed by atoms with E-state index in [9.17, 15) is 9.90 Å². The summed E-state index contributed by atoms with van der Waals surface area (Å²) in [6, 6.07) is 7.39. The third-order valence-corrected chi connectivity index (χ3v) is 4.87. The van der Waals surface area contributed by atoms with Gasteiger partial charge >= 0.3 is 0 Å². The van der Waals surface area contributed by atoms with E-state index in [2.05, 4.69) is 9.97 Å². The molecule has 1 aromatic heterocycles. The number of rotatable bonds is 4. The zero-order valence-electron chi connectivity index (χ0n) is 14.3. The second-order valence-corrected chi connectivity index (χ2v) is 6.90. The van der Waals surface area contributed by atoms with E-state index < -0.39 is 0 Å². The summed E-state index contributed by atoms with van der Waals surface area (Å²) in [6.45, 7) is 3.17. The van der Waals surface area contributed by atoms with E-state index in [1.165, 1.54) is 0 Å². The lowest BCUT2D eigenvalue weighted by atomic mass is 9.91. The van der Waals surface area contributed by atoms with Gasteiger partial charge < -0.3 is 10.0 Å². The van der Waals surface area contributed by atoms with Gasteiger partial charge in [0.1, 0.15) is 5.82 Å². The topological polar surface area (TPSA) is 66.3 Å². The van der Waals surface area contributed by atoms with Crippen molar-refractivity contribution >= 4 is 17.5 Å². The standard InChI is InChI=1S/C19H22ClN3O2/c1-13-21-10-16(12-24)19(22-13)15-3-2-8-23(11-15)18(25)9-14-4-6-17(20)7-5-14/h4-7,10,15,24H,2-3,8-9,11-12H2,1H3. The molecule has 1 aliphatic heterocycles. The summed E-state index contributed by atoms with van der Waals surface area (Å²) in [5.41, 5.74) is 2.59. The fourth-order valence-corrected chi connectivity index (χ4v) is 3.43. The Morgan fingerprint density at radius 1 is 1.36 bits per heavy atom. The number of aromatic nitrogens is 2. The van der Waals surface area contributed by atoms with Crippen LogP contribution in [-0.4, -0.2) is 39.0 Å². The largest absolute Gasteiger partial charge is 0.392 e. The van der Waals surface area contributed by atoms with E-state index >= 15 is 0 Å². The van der Waals surface area contributed by atoms with Crippen LogP contribution in [0.25, 0.3) is 0 Å². The van der Waals surface area contributed by atoms with E-state index in [1.807, 2.05) is 24.0 Å². The van der Waals surface area contributed by atoms with Crippen molar-refractivity contribution in [2.45, 2.75) is 38.7 Å². The number of aliphatic hydroxyl groups is 1. The third kappa shape index (κ3) is 4.35. The lowest BCUT2D eigenvalue weighted by Crippen LogP contribution is -2.40. The van der Waals surface area contributed by atoms with Crippen molar-refractivity contribution in [2.24, 2.45) is 0 Å². The highest BCUT2D eigenvalue weighted by atomic mass is 35.5. The minimum Gasteiger partial charge on any atom is -0.392 e. The van der Waals surface area contributed by atoms with Crippen molar-refractivity contribution in [3.63, 3.8) is 0 Å². The minimum atomic E-state index is -0.0785. The first-order chi connectivity index (χ1) is 12.1. The maximum atomic E-state index is 12.7. The summed E-state index contributed by atoms with van der Waals surface area (Å²) >= 11 is 5.90. The summed E-state index contributed by atoms with van der Waals surface area (Å²) in [5.74, 6) is 0.951. The predicted molar refractivity (Wildman–Crippen MR) is 96.4 cm³/mol. The van der Waals surface area contributed by atoms with Gasteiger partial charge in [0.05, 0.1) is 18.7 Å². The minimum absolute atomic E-state index is 0.0785. The number of benzene rings is 1. The molecular formula is C19H22ClN3O2. The maximum Gasteiger partial charge on any atom is 0.227 e. The molecule has 0 aliphatic carbocycles. The van der Waals surface area contributed by atoms with E-state index in [-0.39, 0.29) is 18.4 Å². The summed E-state index contributed by atoms with van der Waals surface area (Å²) in [5, 5.41) is 10.2. The number of amides is 1. The van der Waals surface area contributed by atoms with Crippen LogP contribution in [0.2, 0.25) is 5.02 Å². The number of hydrogen-bond donors (Lipinski definition) is 1. The summed E-state index contributed by atoms with van der Waals surface area (Å²) in [4.78, 5) is 23.3. The van der Waals surface area contributed by atoms with Crippen LogP contribution in [0.1, 0.15) is 41.4 Å². The molecule has 0 radical (unpaired) electrons. The molecule has 0 spiro atoms. The van der Waals surface area contributed by atoms with Gasteiger partial charge in [0.2, 0.25) is 5.91 Å². The average molecular weight is 360 g/mol. The van der Waals surface area contributed by atoms with Crippen LogP contribution in [-0.2, 0) is 17.8 Å². The van der Waals surface area contributed by atoms with E-state index in [0.717, 1.165) is 36.2 Å². The number of hydrogen-bond acceptors (Lipinski definition) is 4. The molecule has 1 unspecified atom stereocenters. The molecule has 1 aliphatic rings. The van der Waals surface area contributed by atoms with Crippen molar-refractivity contribution in [3.8, 4) is 0 Å². The molecule has 1 atom stereocenters. The fraction of sp³-hybridized carbons (Fsp3) is 0.421. The Morgan fingerprint density at radius 2 is 2.12 bits per heavy atom. The van der Waals surface area contributed by atoms with Crippen molar-refractivity contribution in [3.05, 3.63) is 58.1 Å². The molecule has 1 amide bonds. The van der Waals surface area contributed by atoms with Crippen LogP contribution in [0.3, 0.4) is 0 Å². The molecule has 3 rings (SSSR count). The lowest BCUT2D eigenvalue weighted by Gasteiger charge is -2.33. The molecule has 6 heteroatoms. The zero-order chi connectivity index (χ0) is 17.8. The van der Waals surface area contributed by atoms with Crippen LogP contribution < -0.4 is 0 Å². The Hall–Kier alpha value is -1.98. The normalized spacial score (nSPS) is 17.6. The monoisotopic (exact) mass is 359 g/mol. The van der Waals surface area contributed by atoms with E-state index in [1.54, 1.807) is 18.3 Å². The molecule has 1 N–H and O–H groups in total. The summed E-state index contributed by atoms with van der Waals surface area (Å²) < 4.78 is 0. The first-order valence-electron chi connectivity index (χ1n) is 8.52. The van der Waals surface area contributed by atoms with Gasteiger partial charge in [-0.05, 0) is 37.5 Å². The molecule has 2 aromatic rings. The maximum absolute atomic E-state index is 12.7. The number of carbonyl (C=O) groups is 1. The lowest BCUT2D eigenvalue weighted by molar-refractivity contribution is -0.131. The predicted octanol–water partition coefficient (Wildman–Crippen LogP) is 2.88. The highest BCUT2D eigenvalue weighted by Gasteiger charge is 2.27. The highest BCUT2D eigenvalue weighted by Crippen LogP contribution is 2.28. The molecular weight excluding hydrogens is 338 g/mol. The van der Waals surface area contributed by atoms with Crippen molar-refractivity contribution in [1.82, 2.24) is 14.9 Å². The van der Waals surface area contributed by atoms with Gasteiger partial charge in [-0.15, -0.1) is 0 Å². The van der Waals surface area contributed by atoms with Gasteiger partial charge in [0, 0.05) is 35.8 Å². The van der Waals surface area contributed by atoms with Crippen LogP contribution >= 0.6 is 11.6 Å². The zero-order valence-corrected chi connectivity index (χ0v) is 15.0. The smallest absolute Gasteiger partial charge is 0.227 e. The molecule has 2 heterocycles. The van der Waals surface area contributed by atoms with Crippen LogP contribution in [0.4, 0.5) is 0 Å². The molecule has 0 saturated carbocycles. The third-order valence-electron chi connectivity index (χ3n) is 4.62.